The van der Waals surface area contributed by atoms with Crippen molar-refractivity contribution in [2.75, 3.05) is 39.2 Å². The van der Waals surface area contributed by atoms with Gasteiger partial charge in [0.2, 0.25) is 0 Å². The average molecular weight is 1300 g/mol. The zero-order chi connectivity index (χ0) is 51.7. The molecule has 0 heterocycles. The fourth-order valence-electron chi connectivity index (χ4n) is 5.18. The van der Waals surface area contributed by atoms with Crippen LogP contribution in [0.15, 0.2) is 124 Å². The van der Waals surface area contributed by atoms with Crippen molar-refractivity contribution in [3.8, 4) is 0 Å². The van der Waals surface area contributed by atoms with Crippen molar-refractivity contribution in [2.24, 2.45) is 21.7 Å². The van der Waals surface area contributed by atoms with Crippen molar-refractivity contribution in [3.05, 3.63) is 191 Å². The third-order valence-corrected chi connectivity index (χ3v) is 11.6. The SMILES string of the molecule is C[C@H](CN=[N+]=[N-])c1cc(F)cc(Br)c1.C[C@H](CO)c1cc(F)cc(Br)c1.C[C@H](COS(C)(=O)=O)c1cc(F)cc(Br)c1.N[C@H](CO)c1cc(F)cc(Br)c1.[N-]=[N+]=NC[C@@H](N)c1cc(F)cc(Br)c1. The smallest absolute Gasteiger partial charge is 0.264 e. The first-order chi connectivity index (χ1) is 31.8. The van der Waals surface area contributed by atoms with E-state index in [-0.39, 0.29) is 73.2 Å². The molecule has 0 fully saturated rings. The van der Waals surface area contributed by atoms with E-state index < -0.39 is 22.2 Å². The molecule has 24 heteroatoms. The van der Waals surface area contributed by atoms with Gasteiger partial charge in [-0.3, -0.25) is 4.18 Å². The van der Waals surface area contributed by atoms with Gasteiger partial charge in [-0.2, -0.15) is 8.42 Å². The highest BCUT2D eigenvalue weighted by molar-refractivity contribution is 9.11. The Morgan fingerprint density at radius 3 is 1.16 bits per heavy atom. The van der Waals surface area contributed by atoms with Crippen LogP contribution in [0.5, 0.6) is 0 Å². The van der Waals surface area contributed by atoms with Crippen molar-refractivity contribution in [3.63, 3.8) is 0 Å². The molecule has 13 nitrogen and oxygen atoms in total. The second kappa shape index (κ2) is 32.4. The van der Waals surface area contributed by atoms with Crippen molar-refractivity contribution in [1.82, 2.24) is 0 Å². The van der Waals surface area contributed by atoms with E-state index in [1.54, 1.807) is 25.1 Å². The molecule has 0 aromatic heterocycles. The lowest BCUT2D eigenvalue weighted by Crippen LogP contribution is -2.14. The Kier molecular flexibility index (Phi) is 29.8. The summed E-state index contributed by atoms with van der Waals surface area (Å²) in [6, 6.07) is 21.4. The molecule has 0 aliphatic heterocycles. The molecule has 0 amide bonds. The summed E-state index contributed by atoms with van der Waals surface area (Å²) in [6.45, 7) is 5.82. The molecule has 5 atom stereocenters. The van der Waals surface area contributed by atoms with Crippen LogP contribution in [-0.2, 0) is 14.3 Å². The Morgan fingerprint density at radius 1 is 0.529 bits per heavy atom. The van der Waals surface area contributed by atoms with Crippen LogP contribution in [0.25, 0.3) is 20.9 Å². The van der Waals surface area contributed by atoms with Crippen LogP contribution in [0, 0.1) is 29.1 Å². The van der Waals surface area contributed by atoms with Crippen molar-refractivity contribution < 1.29 is 44.8 Å². The molecule has 0 aliphatic carbocycles. The number of halogens is 10. The standard InChI is InChI=1S/C10H12BrFO3S.C9H9BrFN3.C9H10BrFO.C8H8BrFN4.C8H9BrFNO/c1-7(6-15-16(2,13)14)8-3-9(11)5-10(12)4-8;1-6(5-13-14-12)7-2-8(10)4-9(11)3-7;1-6(5-12)7-2-8(10)4-9(11)3-7;9-6-1-5(2-7(10)3-6)8(11)4-13-14-12;9-6-1-5(8(11)4-12)2-7(10)3-6/h3-5,7H,6H2,1-2H3;2-4,6H,5H2,1H3;2-4,6,12H,5H2,1H3;1-3,8H,4,11H2;1-3,8,12H,4,11H2/t7-;2*6-;2*8-/m11111/s1. The maximum Gasteiger partial charge on any atom is 0.264 e. The molecule has 6 N–H and O–H groups in total. The fraction of sp³-hybridized carbons (Fsp3) is 0.318. The van der Waals surface area contributed by atoms with E-state index in [1.165, 1.54) is 60.7 Å². The van der Waals surface area contributed by atoms with Crippen LogP contribution >= 0.6 is 79.6 Å². The topological polar surface area (TPSA) is 233 Å². The molecule has 68 heavy (non-hydrogen) atoms. The number of azide groups is 2. The van der Waals surface area contributed by atoms with Crippen LogP contribution in [0.4, 0.5) is 22.0 Å². The summed E-state index contributed by atoms with van der Waals surface area (Å²) >= 11 is 15.9. The number of hydrogen-bond donors (Lipinski definition) is 4. The number of nitrogens with zero attached hydrogens (tertiary/aromatic N) is 6. The van der Waals surface area contributed by atoms with E-state index >= 15 is 0 Å². The minimum absolute atomic E-state index is 0.00866. The largest absolute Gasteiger partial charge is 0.396 e. The van der Waals surface area contributed by atoms with Gasteiger partial charge in [-0.15, -0.1) is 0 Å². The van der Waals surface area contributed by atoms with Gasteiger partial charge in [-0.25, -0.2) is 22.0 Å². The van der Waals surface area contributed by atoms with Crippen LogP contribution in [0.3, 0.4) is 0 Å². The summed E-state index contributed by atoms with van der Waals surface area (Å²) in [5, 5.41) is 24.3. The molecule has 5 aromatic carbocycles. The third-order valence-electron chi connectivity index (χ3n) is 8.75. The van der Waals surface area contributed by atoms with E-state index in [2.05, 4.69) is 104 Å². The van der Waals surface area contributed by atoms with E-state index in [4.69, 9.17) is 32.7 Å². The molecule has 370 valence electrons. The maximum absolute atomic E-state index is 13.1. The molecule has 5 rings (SSSR count). The highest BCUT2D eigenvalue weighted by atomic mass is 79.9. The quantitative estimate of drug-likeness (QED) is 0.0276. The summed E-state index contributed by atoms with van der Waals surface area (Å²) in [5.41, 5.74) is 30.9. The number of benzene rings is 5. The van der Waals surface area contributed by atoms with Gasteiger partial charge in [0.1, 0.15) is 29.1 Å². The first-order valence-corrected chi connectivity index (χ1v) is 25.5. The monoisotopic (exact) mass is 1290 g/mol. The van der Waals surface area contributed by atoms with Crippen molar-refractivity contribution >= 4 is 89.8 Å². The zero-order valence-electron chi connectivity index (χ0n) is 36.7. The minimum atomic E-state index is -3.45. The Bertz CT molecular complexity index is 2370. The molecule has 0 saturated carbocycles. The number of rotatable bonds is 14. The summed E-state index contributed by atoms with van der Waals surface area (Å²) < 4.78 is 94.1. The highest BCUT2D eigenvalue weighted by Gasteiger charge is 2.13. The molecule has 0 aliphatic rings. The molecule has 0 radical (unpaired) electrons. The number of nitrogens with two attached hydrogens (primary N) is 2. The predicted octanol–water partition coefficient (Wildman–Crippen LogP) is 13.8. The van der Waals surface area contributed by atoms with Gasteiger partial charge in [0.05, 0.1) is 25.5 Å². The number of aliphatic hydroxyl groups is 2. The van der Waals surface area contributed by atoms with Crippen LogP contribution in [0.1, 0.15) is 78.4 Å². The lowest BCUT2D eigenvalue weighted by molar-refractivity contribution is 0.267. The van der Waals surface area contributed by atoms with Gasteiger partial charge in [0, 0.05) is 69.8 Å². The Hall–Kier alpha value is -3.48. The van der Waals surface area contributed by atoms with Gasteiger partial charge in [-0.1, -0.05) is 111 Å². The lowest BCUT2D eigenvalue weighted by atomic mass is 10.0. The minimum Gasteiger partial charge on any atom is -0.396 e. The van der Waals surface area contributed by atoms with Crippen LogP contribution in [-0.4, -0.2) is 57.8 Å². The molecule has 0 bridgehead atoms. The van der Waals surface area contributed by atoms with Gasteiger partial charge in [-0.05, 0) is 136 Å². The summed E-state index contributed by atoms with van der Waals surface area (Å²) in [7, 11) is -3.45. The van der Waals surface area contributed by atoms with Gasteiger partial charge in [0.15, 0.2) is 0 Å². The third kappa shape index (κ3) is 26.5. The predicted molar refractivity (Wildman–Crippen MR) is 273 cm³/mol. The van der Waals surface area contributed by atoms with Gasteiger partial charge >= 0.3 is 0 Å². The first-order valence-electron chi connectivity index (χ1n) is 19.7. The number of hydrogen-bond acceptors (Lipinski definition) is 9. The Balaban J connectivity index is 0.000000427. The number of aliphatic hydroxyl groups excluding tert-OH is 2. The normalized spacial score (nSPS) is 12.7. The molecular formula is C44H48Br5F5N8O5S. The average Bonchev–Trinajstić information content (AvgIpc) is 3.25. The first kappa shape index (κ1) is 62.5. The second-order valence-corrected chi connectivity index (χ2v) is 20.8. The Labute approximate surface area is 433 Å². The summed E-state index contributed by atoms with van der Waals surface area (Å²) in [6.07, 6.45) is 0.987. The maximum atomic E-state index is 13.1. The molecule has 0 unspecified atom stereocenters. The van der Waals surface area contributed by atoms with E-state index in [1.807, 2.05) is 26.0 Å². The lowest BCUT2D eigenvalue weighted by Gasteiger charge is -2.11. The molecule has 0 saturated heterocycles. The van der Waals surface area contributed by atoms with Crippen molar-refractivity contribution in [2.45, 2.75) is 50.6 Å². The fourth-order valence-corrected chi connectivity index (χ4v) is 8.05. The molecule has 5 aromatic rings. The van der Waals surface area contributed by atoms with Gasteiger partial charge in [0.25, 0.3) is 10.1 Å². The highest BCUT2D eigenvalue weighted by Crippen LogP contribution is 2.25. The molecular weight excluding hydrogens is 1250 g/mol. The summed E-state index contributed by atoms with van der Waals surface area (Å²) in [4.78, 5) is 5.25. The van der Waals surface area contributed by atoms with Crippen LogP contribution in [0.2, 0.25) is 0 Å². The van der Waals surface area contributed by atoms with Crippen LogP contribution < -0.4 is 11.5 Å². The zero-order valence-corrected chi connectivity index (χ0v) is 45.5. The second-order valence-electron chi connectivity index (χ2n) is 14.6. The van der Waals surface area contributed by atoms with E-state index in [0.717, 1.165) is 17.4 Å². The van der Waals surface area contributed by atoms with Gasteiger partial charge < -0.3 is 21.7 Å². The molecule has 0 spiro atoms. The van der Waals surface area contributed by atoms with Crippen molar-refractivity contribution in [1.29, 1.82) is 0 Å². The Morgan fingerprint density at radius 2 is 0.838 bits per heavy atom. The summed E-state index contributed by atoms with van der Waals surface area (Å²) in [5.74, 6) is -1.84. The van der Waals surface area contributed by atoms with E-state index in [0.29, 0.717) is 45.6 Å². The van der Waals surface area contributed by atoms with E-state index in [9.17, 15) is 30.4 Å².